The van der Waals surface area contributed by atoms with E-state index in [0.29, 0.717) is 25.7 Å². The fourth-order valence-electron chi connectivity index (χ4n) is 3.97. The molecule has 1 fully saturated rings. The SMILES string of the molecule is C[C@@H](CO)NC(=O)CCC/C=C\C[C@H]1C(=O)C[C@@H](O)[C@@H]1/C=C/[C@@H](O)CCc1ccccc1. The van der Waals surface area contributed by atoms with Gasteiger partial charge in [-0.2, -0.15) is 0 Å². The minimum atomic E-state index is -0.712. The normalized spacial score (nSPS) is 23.1. The third-order valence-corrected chi connectivity index (χ3v) is 5.87. The molecule has 0 unspecified atom stereocenters. The van der Waals surface area contributed by atoms with Gasteiger partial charge < -0.3 is 20.6 Å². The van der Waals surface area contributed by atoms with Gasteiger partial charge in [0.25, 0.3) is 0 Å². The van der Waals surface area contributed by atoms with Crippen LogP contribution in [-0.4, -0.2) is 51.9 Å². The number of Topliss-reactive ketones (excluding diaryl/α,β-unsaturated/α-hetero) is 1. The van der Waals surface area contributed by atoms with Crippen LogP contribution in [0.1, 0.15) is 51.0 Å². The Balaban J connectivity index is 1.76. The average molecular weight is 444 g/mol. The van der Waals surface area contributed by atoms with Gasteiger partial charge in [-0.25, -0.2) is 0 Å². The molecule has 176 valence electrons. The van der Waals surface area contributed by atoms with E-state index in [9.17, 15) is 19.8 Å². The summed E-state index contributed by atoms with van der Waals surface area (Å²) in [6.45, 7) is 1.67. The molecule has 1 aliphatic rings. The Bertz CT molecular complexity index is 761. The third-order valence-electron chi connectivity index (χ3n) is 5.87. The number of carbonyl (C=O) groups excluding carboxylic acids is 2. The van der Waals surface area contributed by atoms with Crippen LogP contribution in [0.5, 0.6) is 0 Å². The van der Waals surface area contributed by atoms with E-state index in [1.807, 2.05) is 42.5 Å². The van der Waals surface area contributed by atoms with Gasteiger partial charge in [-0.1, -0.05) is 54.6 Å². The van der Waals surface area contributed by atoms with E-state index in [-0.39, 0.29) is 42.6 Å². The number of allylic oxidation sites excluding steroid dienone is 2. The van der Waals surface area contributed by atoms with Crippen LogP contribution < -0.4 is 5.32 Å². The second-order valence-electron chi connectivity index (χ2n) is 8.65. The highest BCUT2D eigenvalue weighted by Gasteiger charge is 2.39. The van der Waals surface area contributed by atoms with E-state index in [0.717, 1.165) is 12.8 Å². The molecule has 0 aliphatic heterocycles. The van der Waals surface area contributed by atoms with Crippen molar-refractivity contribution < 1.29 is 24.9 Å². The Hall–Kier alpha value is -2.28. The second-order valence-corrected chi connectivity index (χ2v) is 8.65. The minimum absolute atomic E-state index is 0.0490. The number of amides is 1. The van der Waals surface area contributed by atoms with Gasteiger partial charge in [0.1, 0.15) is 5.78 Å². The number of aliphatic hydroxyl groups excluding tert-OH is 3. The van der Waals surface area contributed by atoms with E-state index < -0.39 is 12.2 Å². The molecule has 6 nitrogen and oxygen atoms in total. The van der Waals surface area contributed by atoms with Crippen molar-refractivity contribution >= 4 is 11.7 Å². The molecule has 4 N–H and O–H groups in total. The first-order valence-electron chi connectivity index (χ1n) is 11.6. The summed E-state index contributed by atoms with van der Waals surface area (Å²) in [5.41, 5.74) is 1.17. The number of ketones is 1. The maximum atomic E-state index is 12.3. The molecule has 0 radical (unpaired) electrons. The number of hydrogen-bond donors (Lipinski definition) is 4. The summed E-state index contributed by atoms with van der Waals surface area (Å²) in [5.74, 6) is -0.602. The van der Waals surface area contributed by atoms with Crippen LogP contribution in [0.2, 0.25) is 0 Å². The summed E-state index contributed by atoms with van der Waals surface area (Å²) in [6.07, 6.45) is 9.95. The van der Waals surface area contributed by atoms with E-state index in [2.05, 4.69) is 5.32 Å². The Labute approximate surface area is 191 Å². The maximum absolute atomic E-state index is 12.3. The second kappa shape index (κ2) is 14.0. The lowest BCUT2D eigenvalue weighted by molar-refractivity contribution is -0.122. The molecule has 1 aromatic rings. The predicted octanol–water partition coefficient (Wildman–Crippen LogP) is 2.72. The standard InChI is InChI=1S/C26H37NO5/c1-19(18-28)27-26(32)12-8-3-2-7-11-22-23(25(31)17-24(22)30)16-15-21(29)14-13-20-9-5-4-6-10-20/h2,4-7,9-10,15-16,19,21-23,25,28-29,31H,3,8,11-14,17-18H2,1H3,(H,27,32)/b7-2-,16-15+/t19-,21-,22+,23+,25+/m0/s1. The number of rotatable bonds is 13. The van der Waals surface area contributed by atoms with Gasteiger partial charge in [-0.3, -0.25) is 9.59 Å². The highest BCUT2D eigenvalue weighted by molar-refractivity contribution is 5.84. The van der Waals surface area contributed by atoms with Crippen LogP contribution in [-0.2, 0) is 16.0 Å². The molecule has 0 heterocycles. The lowest BCUT2D eigenvalue weighted by atomic mass is 9.90. The number of hydrogen-bond acceptors (Lipinski definition) is 5. The summed E-state index contributed by atoms with van der Waals surface area (Å²) in [4.78, 5) is 24.0. The van der Waals surface area contributed by atoms with Gasteiger partial charge in [0.2, 0.25) is 5.91 Å². The molecule has 6 heteroatoms. The van der Waals surface area contributed by atoms with Crippen LogP contribution in [0, 0.1) is 11.8 Å². The molecule has 32 heavy (non-hydrogen) atoms. The molecule has 0 saturated heterocycles. The molecule has 0 bridgehead atoms. The molecule has 1 aliphatic carbocycles. The summed E-state index contributed by atoms with van der Waals surface area (Å²) in [6, 6.07) is 9.73. The fraction of sp³-hybridized carbons (Fsp3) is 0.538. The minimum Gasteiger partial charge on any atom is -0.394 e. The lowest BCUT2D eigenvalue weighted by Crippen LogP contribution is -2.34. The Kier molecular flexibility index (Phi) is 11.4. The first-order valence-corrected chi connectivity index (χ1v) is 11.6. The Morgan fingerprint density at radius 1 is 1.25 bits per heavy atom. The maximum Gasteiger partial charge on any atom is 0.220 e. The van der Waals surface area contributed by atoms with Gasteiger partial charge in [0.05, 0.1) is 18.8 Å². The van der Waals surface area contributed by atoms with E-state index >= 15 is 0 Å². The summed E-state index contributed by atoms with van der Waals surface area (Å²) < 4.78 is 0. The van der Waals surface area contributed by atoms with Crippen LogP contribution in [0.3, 0.4) is 0 Å². The van der Waals surface area contributed by atoms with Crippen LogP contribution >= 0.6 is 0 Å². The molecule has 0 aromatic heterocycles. The number of benzene rings is 1. The van der Waals surface area contributed by atoms with E-state index in [1.165, 1.54) is 5.56 Å². The zero-order valence-electron chi connectivity index (χ0n) is 18.9. The van der Waals surface area contributed by atoms with E-state index in [1.54, 1.807) is 19.1 Å². The van der Waals surface area contributed by atoms with Crippen molar-refractivity contribution in [3.05, 3.63) is 60.2 Å². The molecular formula is C26H37NO5. The monoisotopic (exact) mass is 443 g/mol. The summed E-state index contributed by atoms with van der Waals surface area (Å²) in [7, 11) is 0. The number of aryl methyl sites for hydroxylation is 1. The topological polar surface area (TPSA) is 107 Å². The van der Waals surface area contributed by atoms with E-state index in [4.69, 9.17) is 5.11 Å². The largest absolute Gasteiger partial charge is 0.394 e. The quantitative estimate of drug-likeness (QED) is 0.277. The lowest BCUT2D eigenvalue weighted by Gasteiger charge is -2.16. The van der Waals surface area contributed by atoms with Crippen molar-refractivity contribution in [3.8, 4) is 0 Å². The summed E-state index contributed by atoms with van der Waals surface area (Å²) in [5, 5.41) is 32.2. The number of nitrogens with one attached hydrogen (secondary N) is 1. The average Bonchev–Trinajstić information content (AvgIpc) is 3.05. The Morgan fingerprint density at radius 3 is 2.72 bits per heavy atom. The molecular weight excluding hydrogens is 406 g/mol. The van der Waals surface area contributed by atoms with Gasteiger partial charge in [0, 0.05) is 30.7 Å². The van der Waals surface area contributed by atoms with Crippen molar-refractivity contribution in [2.24, 2.45) is 11.8 Å². The Morgan fingerprint density at radius 2 is 2.00 bits per heavy atom. The first kappa shape index (κ1) is 26.0. The van der Waals surface area contributed by atoms with Crippen LogP contribution in [0.4, 0.5) is 0 Å². The van der Waals surface area contributed by atoms with Gasteiger partial charge in [0.15, 0.2) is 0 Å². The van der Waals surface area contributed by atoms with Gasteiger partial charge in [-0.15, -0.1) is 0 Å². The van der Waals surface area contributed by atoms with Gasteiger partial charge in [-0.05, 0) is 44.6 Å². The smallest absolute Gasteiger partial charge is 0.220 e. The molecule has 1 amide bonds. The van der Waals surface area contributed by atoms with Crippen molar-refractivity contribution in [2.45, 2.75) is 70.1 Å². The molecule has 2 rings (SSSR count). The molecule has 1 aromatic carbocycles. The first-order chi connectivity index (χ1) is 15.4. The van der Waals surface area contributed by atoms with Crippen molar-refractivity contribution in [2.75, 3.05) is 6.61 Å². The highest BCUT2D eigenvalue weighted by atomic mass is 16.3. The predicted molar refractivity (Wildman–Crippen MR) is 125 cm³/mol. The molecule has 0 spiro atoms. The fourth-order valence-corrected chi connectivity index (χ4v) is 3.97. The van der Waals surface area contributed by atoms with Crippen LogP contribution in [0.15, 0.2) is 54.6 Å². The summed E-state index contributed by atoms with van der Waals surface area (Å²) >= 11 is 0. The number of aliphatic hydroxyl groups is 3. The van der Waals surface area contributed by atoms with Crippen molar-refractivity contribution in [1.82, 2.24) is 5.32 Å². The van der Waals surface area contributed by atoms with Crippen molar-refractivity contribution in [3.63, 3.8) is 0 Å². The number of unbranched alkanes of at least 4 members (excludes halogenated alkanes) is 1. The number of carbonyl (C=O) groups is 2. The molecule has 5 atom stereocenters. The highest BCUT2D eigenvalue weighted by Crippen LogP contribution is 2.33. The zero-order chi connectivity index (χ0) is 23.3. The molecule has 1 saturated carbocycles. The van der Waals surface area contributed by atoms with Gasteiger partial charge >= 0.3 is 0 Å². The third kappa shape index (κ3) is 9.07. The zero-order valence-corrected chi connectivity index (χ0v) is 18.9. The van der Waals surface area contributed by atoms with Crippen LogP contribution in [0.25, 0.3) is 0 Å². The van der Waals surface area contributed by atoms with Crippen molar-refractivity contribution in [1.29, 1.82) is 0 Å².